The molecular formula is C15H21ClO3. The molecule has 0 aliphatic carbocycles. The van der Waals surface area contributed by atoms with Crippen LogP contribution in [0.3, 0.4) is 0 Å². The van der Waals surface area contributed by atoms with Crippen molar-refractivity contribution in [2.24, 2.45) is 0 Å². The number of carbonyl (C=O) groups excluding carboxylic acids is 1. The van der Waals surface area contributed by atoms with Crippen LogP contribution in [-0.2, 0) is 9.53 Å². The summed E-state index contributed by atoms with van der Waals surface area (Å²) >= 11 is 6.13. The van der Waals surface area contributed by atoms with Crippen LogP contribution in [0.1, 0.15) is 43.7 Å². The highest BCUT2D eigenvalue weighted by Gasteiger charge is 2.11. The Bertz CT molecular complexity index is 441. The summed E-state index contributed by atoms with van der Waals surface area (Å²) in [5, 5.41) is 0.755. The predicted molar refractivity (Wildman–Crippen MR) is 77.0 cm³/mol. The van der Waals surface area contributed by atoms with Crippen LogP contribution in [0.15, 0.2) is 12.1 Å². The van der Waals surface area contributed by atoms with Gasteiger partial charge in [-0.3, -0.25) is 4.79 Å². The molecule has 1 aromatic rings. The van der Waals surface area contributed by atoms with E-state index in [4.69, 9.17) is 16.3 Å². The Balaban J connectivity index is 2.66. The van der Waals surface area contributed by atoms with Crippen molar-refractivity contribution in [1.82, 2.24) is 0 Å². The second-order valence-electron chi connectivity index (χ2n) is 4.82. The van der Waals surface area contributed by atoms with Gasteiger partial charge in [-0.2, -0.15) is 0 Å². The third kappa shape index (κ3) is 4.75. The van der Waals surface area contributed by atoms with E-state index in [9.17, 15) is 4.79 Å². The molecule has 19 heavy (non-hydrogen) atoms. The molecule has 0 aliphatic heterocycles. The maximum absolute atomic E-state index is 11.0. The molecule has 0 aromatic heterocycles. The van der Waals surface area contributed by atoms with Crippen molar-refractivity contribution in [3.05, 3.63) is 28.3 Å². The largest absolute Gasteiger partial charge is 0.493 e. The normalized spacial score (nSPS) is 10.6. The van der Waals surface area contributed by atoms with E-state index in [1.54, 1.807) is 0 Å². The van der Waals surface area contributed by atoms with Crippen molar-refractivity contribution in [1.29, 1.82) is 0 Å². The average Bonchev–Trinajstić information content (AvgIpc) is 2.37. The van der Waals surface area contributed by atoms with Crippen LogP contribution in [0.25, 0.3) is 0 Å². The quantitative estimate of drug-likeness (QED) is 0.583. The maximum atomic E-state index is 11.0. The summed E-state index contributed by atoms with van der Waals surface area (Å²) in [6.07, 6.45) is 1.02. The van der Waals surface area contributed by atoms with Crippen molar-refractivity contribution in [2.45, 2.75) is 39.5 Å². The molecule has 1 rings (SSSR count). The molecule has 106 valence electrons. The Kier molecular flexibility index (Phi) is 6.16. The molecule has 0 unspecified atom stereocenters. The number of benzene rings is 1. The summed E-state index contributed by atoms with van der Waals surface area (Å²) in [6, 6.07) is 3.91. The molecule has 0 amide bonds. The standard InChI is InChI=1S/C15H21ClO3/c1-10(2)12-9-13(16)11(3)8-14(12)19-7-5-6-15(17)18-4/h8-10H,5-7H2,1-4H3. The Morgan fingerprint density at radius 3 is 2.63 bits per heavy atom. The molecule has 4 heteroatoms. The minimum Gasteiger partial charge on any atom is -0.493 e. The number of carbonyl (C=O) groups is 1. The molecule has 0 radical (unpaired) electrons. The van der Waals surface area contributed by atoms with Crippen molar-refractivity contribution in [3.8, 4) is 5.75 Å². The lowest BCUT2D eigenvalue weighted by Gasteiger charge is -2.15. The van der Waals surface area contributed by atoms with E-state index in [1.165, 1.54) is 7.11 Å². The second kappa shape index (κ2) is 7.39. The van der Waals surface area contributed by atoms with Crippen molar-refractivity contribution < 1.29 is 14.3 Å². The van der Waals surface area contributed by atoms with Gasteiger partial charge in [-0.15, -0.1) is 0 Å². The lowest BCUT2D eigenvalue weighted by molar-refractivity contribution is -0.140. The molecule has 3 nitrogen and oxygen atoms in total. The molecule has 0 spiro atoms. The first-order valence-corrected chi connectivity index (χ1v) is 6.83. The second-order valence-corrected chi connectivity index (χ2v) is 5.23. The average molecular weight is 285 g/mol. The van der Waals surface area contributed by atoms with E-state index in [0.717, 1.165) is 21.9 Å². The zero-order chi connectivity index (χ0) is 14.4. The topological polar surface area (TPSA) is 35.5 Å². The van der Waals surface area contributed by atoms with Crippen molar-refractivity contribution in [2.75, 3.05) is 13.7 Å². The van der Waals surface area contributed by atoms with Gasteiger partial charge < -0.3 is 9.47 Å². The van der Waals surface area contributed by atoms with E-state index in [1.807, 2.05) is 19.1 Å². The maximum Gasteiger partial charge on any atom is 0.305 e. The number of hydrogen-bond donors (Lipinski definition) is 0. The van der Waals surface area contributed by atoms with Crippen LogP contribution < -0.4 is 4.74 Å². The number of halogens is 1. The number of methoxy groups -OCH3 is 1. The zero-order valence-corrected chi connectivity index (χ0v) is 12.7. The first kappa shape index (κ1) is 15.8. The third-order valence-electron chi connectivity index (χ3n) is 2.92. The van der Waals surface area contributed by atoms with Gasteiger partial charge in [-0.05, 0) is 42.5 Å². The van der Waals surface area contributed by atoms with Gasteiger partial charge in [0.15, 0.2) is 0 Å². The van der Waals surface area contributed by atoms with Crippen molar-refractivity contribution in [3.63, 3.8) is 0 Å². The van der Waals surface area contributed by atoms with E-state index in [2.05, 4.69) is 18.6 Å². The molecule has 0 heterocycles. The minimum absolute atomic E-state index is 0.208. The highest BCUT2D eigenvalue weighted by Crippen LogP contribution is 2.32. The summed E-state index contributed by atoms with van der Waals surface area (Å²) in [5.41, 5.74) is 2.09. The minimum atomic E-state index is -0.208. The van der Waals surface area contributed by atoms with Gasteiger partial charge >= 0.3 is 5.97 Å². The Morgan fingerprint density at radius 1 is 1.37 bits per heavy atom. The highest BCUT2D eigenvalue weighted by molar-refractivity contribution is 6.31. The van der Waals surface area contributed by atoms with E-state index < -0.39 is 0 Å². The zero-order valence-electron chi connectivity index (χ0n) is 12.0. The Morgan fingerprint density at radius 2 is 2.05 bits per heavy atom. The molecule has 0 saturated heterocycles. The third-order valence-corrected chi connectivity index (χ3v) is 3.33. The molecule has 0 aliphatic rings. The van der Waals surface area contributed by atoms with Gasteiger partial charge in [0.2, 0.25) is 0 Å². The summed E-state index contributed by atoms with van der Waals surface area (Å²) in [6.45, 7) is 6.65. The van der Waals surface area contributed by atoms with Crippen molar-refractivity contribution >= 4 is 17.6 Å². The Labute approximate surface area is 119 Å². The molecular weight excluding hydrogens is 264 g/mol. The molecule has 1 aromatic carbocycles. The van der Waals surface area contributed by atoms with Gasteiger partial charge in [0, 0.05) is 11.4 Å². The number of rotatable bonds is 6. The summed E-state index contributed by atoms with van der Waals surface area (Å²) in [5.74, 6) is 0.982. The van der Waals surface area contributed by atoms with Crippen LogP contribution in [-0.4, -0.2) is 19.7 Å². The summed E-state index contributed by atoms with van der Waals surface area (Å²) in [7, 11) is 1.39. The molecule has 0 atom stereocenters. The van der Waals surface area contributed by atoms with E-state index >= 15 is 0 Å². The number of ether oxygens (including phenoxy) is 2. The van der Waals surface area contributed by atoms with Gasteiger partial charge in [0.1, 0.15) is 5.75 Å². The van der Waals surface area contributed by atoms with Crippen LogP contribution in [0, 0.1) is 6.92 Å². The summed E-state index contributed by atoms with van der Waals surface area (Å²) in [4.78, 5) is 11.0. The van der Waals surface area contributed by atoms with Crippen LogP contribution in [0.5, 0.6) is 5.75 Å². The molecule has 0 saturated carbocycles. The fourth-order valence-corrected chi connectivity index (χ4v) is 1.92. The van der Waals surface area contributed by atoms with Gasteiger partial charge in [0.25, 0.3) is 0 Å². The van der Waals surface area contributed by atoms with Crippen LogP contribution in [0.4, 0.5) is 0 Å². The number of aryl methyl sites for hydroxylation is 1. The fourth-order valence-electron chi connectivity index (χ4n) is 1.75. The lowest BCUT2D eigenvalue weighted by atomic mass is 10.0. The lowest BCUT2D eigenvalue weighted by Crippen LogP contribution is -2.06. The van der Waals surface area contributed by atoms with E-state index in [0.29, 0.717) is 25.4 Å². The smallest absolute Gasteiger partial charge is 0.305 e. The van der Waals surface area contributed by atoms with Gasteiger partial charge in [-0.25, -0.2) is 0 Å². The fraction of sp³-hybridized carbons (Fsp3) is 0.533. The number of hydrogen-bond acceptors (Lipinski definition) is 3. The number of esters is 1. The van der Waals surface area contributed by atoms with Crippen LogP contribution >= 0.6 is 11.6 Å². The van der Waals surface area contributed by atoms with Crippen LogP contribution in [0.2, 0.25) is 5.02 Å². The molecule has 0 N–H and O–H groups in total. The monoisotopic (exact) mass is 284 g/mol. The SMILES string of the molecule is COC(=O)CCCOc1cc(C)c(Cl)cc1C(C)C. The predicted octanol–water partition coefficient (Wildman–Crippen LogP) is 4.10. The highest BCUT2D eigenvalue weighted by atomic mass is 35.5. The van der Waals surface area contributed by atoms with Gasteiger partial charge in [-0.1, -0.05) is 25.4 Å². The first-order valence-electron chi connectivity index (χ1n) is 6.45. The van der Waals surface area contributed by atoms with E-state index in [-0.39, 0.29) is 5.97 Å². The molecule has 0 bridgehead atoms. The Hall–Kier alpha value is -1.22. The first-order chi connectivity index (χ1) is 8.95. The molecule has 0 fully saturated rings. The van der Waals surface area contributed by atoms with Gasteiger partial charge in [0.05, 0.1) is 13.7 Å². The summed E-state index contributed by atoms with van der Waals surface area (Å²) < 4.78 is 10.4.